The molecule has 2 aromatic carbocycles. The van der Waals surface area contributed by atoms with Gasteiger partial charge in [-0.05, 0) is 23.8 Å². The third-order valence-electron chi connectivity index (χ3n) is 3.94. The van der Waals surface area contributed by atoms with Crippen molar-refractivity contribution in [1.82, 2.24) is 4.72 Å². The standard InChI is InChI=1S/C18H17NO7S/c20-15-7-6-13(27(23,24)19-11-12-4-2-1-3-5-12)10-14(15)17(21)26-16-8-9-25-18(16)22/h1-7,10,16,19-20H,8-9,11H2. The van der Waals surface area contributed by atoms with Crippen LogP contribution in [0.1, 0.15) is 22.3 Å². The molecule has 0 saturated carbocycles. The number of cyclic esters (lactones) is 1. The van der Waals surface area contributed by atoms with Gasteiger partial charge in [0.05, 0.1) is 11.5 Å². The van der Waals surface area contributed by atoms with E-state index in [0.717, 1.165) is 17.7 Å². The molecule has 2 N–H and O–H groups in total. The second kappa shape index (κ2) is 7.77. The molecule has 1 aliphatic heterocycles. The third kappa shape index (κ3) is 4.44. The van der Waals surface area contributed by atoms with Crippen LogP contribution in [0.3, 0.4) is 0 Å². The van der Waals surface area contributed by atoms with Crippen molar-refractivity contribution in [2.75, 3.05) is 6.61 Å². The maximum Gasteiger partial charge on any atom is 0.347 e. The number of carbonyl (C=O) groups is 2. The first-order valence-electron chi connectivity index (χ1n) is 8.11. The van der Waals surface area contributed by atoms with E-state index >= 15 is 0 Å². The van der Waals surface area contributed by atoms with Gasteiger partial charge in [-0.2, -0.15) is 0 Å². The molecule has 1 heterocycles. The highest BCUT2D eigenvalue weighted by molar-refractivity contribution is 7.89. The lowest BCUT2D eigenvalue weighted by atomic mass is 10.2. The molecule has 1 aliphatic rings. The lowest BCUT2D eigenvalue weighted by Crippen LogP contribution is -2.25. The van der Waals surface area contributed by atoms with Gasteiger partial charge in [0.15, 0.2) is 0 Å². The van der Waals surface area contributed by atoms with Crippen molar-refractivity contribution in [2.45, 2.75) is 24.0 Å². The van der Waals surface area contributed by atoms with Crippen LogP contribution in [0.25, 0.3) is 0 Å². The molecule has 0 aliphatic carbocycles. The fourth-order valence-corrected chi connectivity index (χ4v) is 3.52. The SMILES string of the molecule is O=C(OC1CCOC1=O)c1cc(S(=O)(=O)NCc2ccccc2)ccc1O. The lowest BCUT2D eigenvalue weighted by Gasteiger charge is -2.11. The Labute approximate surface area is 155 Å². The van der Waals surface area contributed by atoms with Gasteiger partial charge >= 0.3 is 11.9 Å². The number of nitrogens with one attached hydrogen (secondary N) is 1. The molecule has 9 heteroatoms. The van der Waals surface area contributed by atoms with Crippen LogP contribution in [-0.4, -0.2) is 38.2 Å². The molecule has 0 radical (unpaired) electrons. The summed E-state index contributed by atoms with van der Waals surface area (Å²) in [6.45, 7) is 0.207. The van der Waals surface area contributed by atoms with Crippen molar-refractivity contribution in [2.24, 2.45) is 0 Å². The number of phenols is 1. The molecule has 1 saturated heterocycles. The maximum absolute atomic E-state index is 12.5. The molecule has 1 unspecified atom stereocenters. The monoisotopic (exact) mass is 391 g/mol. The summed E-state index contributed by atoms with van der Waals surface area (Å²) in [5.41, 5.74) is 0.413. The number of esters is 2. The Bertz CT molecular complexity index is 957. The van der Waals surface area contributed by atoms with Crippen molar-refractivity contribution in [3.8, 4) is 5.75 Å². The van der Waals surface area contributed by atoms with Crippen molar-refractivity contribution in [3.63, 3.8) is 0 Å². The Hall–Kier alpha value is -2.91. The number of hydrogen-bond donors (Lipinski definition) is 2. The molecule has 3 rings (SSSR count). The van der Waals surface area contributed by atoms with Crippen molar-refractivity contribution < 1.29 is 32.6 Å². The fourth-order valence-electron chi connectivity index (χ4n) is 2.48. The Morgan fingerprint density at radius 3 is 2.63 bits per heavy atom. The van der Waals surface area contributed by atoms with Crippen molar-refractivity contribution in [1.29, 1.82) is 0 Å². The molecule has 1 fully saturated rings. The van der Waals surface area contributed by atoms with E-state index < -0.39 is 33.8 Å². The lowest BCUT2D eigenvalue weighted by molar-refractivity contribution is -0.145. The smallest absolute Gasteiger partial charge is 0.347 e. The molecule has 1 atom stereocenters. The van der Waals surface area contributed by atoms with Crippen LogP contribution < -0.4 is 4.72 Å². The van der Waals surface area contributed by atoms with Crippen LogP contribution in [0.2, 0.25) is 0 Å². The zero-order chi connectivity index (χ0) is 19.4. The summed E-state index contributed by atoms with van der Waals surface area (Å²) in [4.78, 5) is 23.4. The van der Waals surface area contributed by atoms with Crippen LogP contribution in [0.4, 0.5) is 0 Å². The molecule has 27 heavy (non-hydrogen) atoms. The van der Waals surface area contributed by atoms with Gasteiger partial charge in [-0.25, -0.2) is 22.7 Å². The minimum Gasteiger partial charge on any atom is -0.507 e. The minimum atomic E-state index is -3.93. The van der Waals surface area contributed by atoms with Crippen LogP contribution in [-0.2, 0) is 30.8 Å². The highest BCUT2D eigenvalue weighted by atomic mass is 32.2. The first kappa shape index (κ1) is 18.9. The normalized spacial score (nSPS) is 16.7. The number of aromatic hydroxyl groups is 1. The average molecular weight is 391 g/mol. The first-order valence-corrected chi connectivity index (χ1v) is 9.59. The number of carbonyl (C=O) groups excluding carboxylic acids is 2. The molecule has 0 bridgehead atoms. The summed E-state index contributed by atoms with van der Waals surface area (Å²) in [5, 5.41) is 9.89. The molecule has 0 amide bonds. The second-order valence-electron chi connectivity index (χ2n) is 5.84. The first-order chi connectivity index (χ1) is 12.9. The van der Waals surface area contributed by atoms with Crippen LogP contribution in [0.15, 0.2) is 53.4 Å². The zero-order valence-corrected chi connectivity index (χ0v) is 14.9. The quantitative estimate of drug-likeness (QED) is 0.713. The number of sulfonamides is 1. The van der Waals surface area contributed by atoms with E-state index in [-0.39, 0.29) is 30.0 Å². The van der Waals surface area contributed by atoms with Crippen LogP contribution in [0, 0.1) is 0 Å². The summed E-state index contributed by atoms with van der Waals surface area (Å²) in [5.74, 6) is -2.12. The summed E-state index contributed by atoms with van der Waals surface area (Å²) in [6, 6.07) is 12.2. The van der Waals surface area contributed by atoms with Gasteiger partial charge in [0, 0.05) is 13.0 Å². The van der Waals surface area contributed by atoms with E-state index in [2.05, 4.69) is 4.72 Å². The Morgan fingerprint density at radius 1 is 1.22 bits per heavy atom. The molecule has 0 aromatic heterocycles. The van der Waals surface area contributed by atoms with Gasteiger partial charge in [-0.3, -0.25) is 0 Å². The summed E-state index contributed by atoms with van der Waals surface area (Å²) in [6.07, 6.45) is -0.851. The van der Waals surface area contributed by atoms with Crippen LogP contribution in [0.5, 0.6) is 5.75 Å². The predicted octanol–water partition coefficient (Wildman–Crippen LogP) is 1.34. The molecule has 0 spiro atoms. The number of phenolic OH excluding ortho intramolecular Hbond substituents is 1. The van der Waals surface area contributed by atoms with Crippen LogP contribution >= 0.6 is 0 Å². The van der Waals surface area contributed by atoms with Gasteiger partial charge < -0.3 is 14.6 Å². The van der Waals surface area contributed by atoms with E-state index in [1.165, 1.54) is 6.07 Å². The molecular formula is C18H17NO7S. The van der Waals surface area contributed by atoms with E-state index in [1.807, 2.05) is 6.07 Å². The predicted molar refractivity (Wildman–Crippen MR) is 93.4 cm³/mol. The van der Waals surface area contributed by atoms with Crippen molar-refractivity contribution in [3.05, 3.63) is 59.7 Å². The molecule has 142 valence electrons. The Kier molecular flexibility index (Phi) is 5.43. The van der Waals surface area contributed by atoms with Gasteiger partial charge in [0.2, 0.25) is 16.1 Å². The van der Waals surface area contributed by atoms with Gasteiger partial charge in [-0.15, -0.1) is 0 Å². The summed E-state index contributed by atoms with van der Waals surface area (Å²) >= 11 is 0. The summed E-state index contributed by atoms with van der Waals surface area (Å²) in [7, 11) is -3.93. The highest BCUT2D eigenvalue weighted by Gasteiger charge is 2.31. The van der Waals surface area contributed by atoms with Gasteiger partial charge in [-0.1, -0.05) is 30.3 Å². The number of ether oxygens (including phenoxy) is 2. The largest absolute Gasteiger partial charge is 0.507 e. The maximum atomic E-state index is 12.5. The van der Waals surface area contributed by atoms with E-state index in [1.54, 1.807) is 24.3 Å². The molecular weight excluding hydrogens is 374 g/mol. The third-order valence-corrected chi connectivity index (χ3v) is 5.34. The van der Waals surface area contributed by atoms with E-state index in [9.17, 15) is 23.1 Å². The zero-order valence-electron chi connectivity index (χ0n) is 14.1. The number of rotatable bonds is 6. The topological polar surface area (TPSA) is 119 Å². The summed E-state index contributed by atoms with van der Waals surface area (Å²) < 4.78 is 37.1. The Morgan fingerprint density at radius 2 is 1.96 bits per heavy atom. The van der Waals surface area contributed by atoms with E-state index in [4.69, 9.17) is 9.47 Å². The van der Waals surface area contributed by atoms with Gasteiger partial charge in [0.1, 0.15) is 11.3 Å². The van der Waals surface area contributed by atoms with E-state index in [0.29, 0.717) is 0 Å². The van der Waals surface area contributed by atoms with Gasteiger partial charge in [0.25, 0.3) is 0 Å². The minimum absolute atomic E-state index is 0.0672. The van der Waals surface area contributed by atoms with Crippen molar-refractivity contribution >= 4 is 22.0 Å². The molecule has 8 nitrogen and oxygen atoms in total. The number of hydrogen-bond acceptors (Lipinski definition) is 7. The Balaban J connectivity index is 1.77. The fraction of sp³-hybridized carbons (Fsp3) is 0.222. The average Bonchev–Trinajstić information content (AvgIpc) is 3.05. The second-order valence-corrected chi connectivity index (χ2v) is 7.61. The molecule has 2 aromatic rings. The number of benzene rings is 2. The highest BCUT2D eigenvalue weighted by Crippen LogP contribution is 2.24.